The second-order valence-corrected chi connectivity index (χ2v) is 5.50. The summed E-state index contributed by atoms with van der Waals surface area (Å²) in [4.78, 5) is 4.43. The number of thiazole rings is 1. The average molecular weight is 270 g/mol. The minimum absolute atomic E-state index is 0.404. The highest BCUT2D eigenvalue weighted by molar-refractivity contribution is 7.09. The molecule has 104 valence electrons. The predicted molar refractivity (Wildman–Crippen MR) is 78.1 cm³/mol. The van der Waals surface area contributed by atoms with E-state index in [0.29, 0.717) is 6.04 Å². The molecular formula is C14H26N2OS. The van der Waals surface area contributed by atoms with Gasteiger partial charge in [0.15, 0.2) is 0 Å². The summed E-state index contributed by atoms with van der Waals surface area (Å²) in [5.74, 6) is 0. The number of nitrogens with zero attached hydrogens (tertiary/aromatic N) is 1. The Bertz CT molecular complexity index is 277. The summed E-state index contributed by atoms with van der Waals surface area (Å²) in [6.07, 6.45) is 9.72. The minimum Gasteiger partial charge on any atom is -0.383 e. The van der Waals surface area contributed by atoms with Crippen LogP contribution in [-0.2, 0) is 4.74 Å². The van der Waals surface area contributed by atoms with E-state index in [1.807, 2.05) is 6.20 Å². The second kappa shape index (κ2) is 10.5. The van der Waals surface area contributed by atoms with E-state index < -0.39 is 0 Å². The van der Waals surface area contributed by atoms with Crippen LogP contribution in [0.3, 0.4) is 0 Å². The number of aromatic nitrogens is 1. The number of rotatable bonds is 11. The van der Waals surface area contributed by atoms with Crippen LogP contribution in [0.5, 0.6) is 0 Å². The lowest BCUT2D eigenvalue weighted by Gasteiger charge is -2.16. The Morgan fingerprint density at radius 2 is 2.17 bits per heavy atom. The lowest BCUT2D eigenvalue weighted by Crippen LogP contribution is -2.25. The Morgan fingerprint density at radius 1 is 1.33 bits per heavy atom. The summed E-state index contributed by atoms with van der Waals surface area (Å²) in [5.41, 5.74) is 0. The fraction of sp³-hybridized carbons (Fsp3) is 0.786. The molecule has 0 aliphatic heterocycles. The lowest BCUT2D eigenvalue weighted by atomic mass is 10.1. The summed E-state index contributed by atoms with van der Waals surface area (Å²) in [6.45, 7) is 3.91. The molecule has 0 aromatic carbocycles. The second-order valence-electron chi connectivity index (χ2n) is 4.57. The van der Waals surface area contributed by atoms with Crippen molar-refractivity contribution in [2.75, 3.05) is 20.3 Å². The van der Waals surface area contributed by atoms with E-state index in [9.17, 15) is 0 Å². The molecule has 0 saturated carbocycles. The fourth-order valence-electron chi connectivity index (χ4n) is 2.01. The highest BCUT2D eigenvalue weighted by Crippen LogP contribution is 2.22. The Labute approximate surface area is 115 Å². The first kappa shape index (κ1) is 15.6. The molecule has 1 rings (SSSR count). The maximum absolute atomic E-state index is 5.09. The normalized spacial score (nSPS) is 12.8. The molecule has 1 atom stereocenters. The average Bonchev–Trinajstić information content (AvgIpc) is 2.90. The Morgan fingerprint density at radius 3 is 2.83 bits per heavy atom. The standard InChI is InChI=1S/C14H26N2OS/c1-3-4-5-6-7-8-13(15-9-11-17-2)14-16-10-12-18-14/h10,12-13,15H,3-9,11H2,1-2H3. The number of unbranched alkanes of at least 4 members (excludes halogenated alkanes) is 4. The van der Waals surface area contributed by atoms with Crippen molar-refractivity contribution in [2.24, 2.45) is 0 Å². The van der Waals surface area contributed by atoms with Gasteiger partial charge >= 0.3 is 0 Å². The third-order valence-electron chi connectivity index (χ3n) is 3.04. The van der Waals surface area contributed by atoms with Crippen LogP contribution in [0, 0.1) is 0 Å². The van der Waals surface area contributed by atoms with Crippen LogP contribution in [0.2, 0.25) is 0 Å². The molecule has 1 aromatic heterocycles. The molecule has 0 radical (unpaired) electrons. The molecule has 0 fully saturated rings. The van der Waals surface area contributed by atoms with Gasteiger partial charge < -0.3 is 10.1 Å². The molecule has 1 N–H and O–H groups in total. The van der Waals surface area contributed by atoms with Crippen molar-refractivity contribution < 1.29 is 4.74 Å². The van der Waals surface area contributed by atoms with E-state index in [1.54, 1.807) is 18.4 Å². The van der Waals surface area contributed by atoms with Crippen molar-refractivity contribution in [2.45, 2.75) is 51.5 Å². The summed E-state index contributed by atoms with van der Waals surface area (Å²) in [7, 11) is 1.74. The number of hydrogen-bond acceptors (Lipinski definition) is 4. The molecule has 1 aromatic rings. The molecule has 4 heteroatoms. The molecule has 0 amide bonds. The molecule has 1 heterocycles. The molecule has 0 spiro atoms. The summed E-state index contributed by atoms with van der Waals surface area (Å²) in [6, 6.07) is 0.404. The minimum atomic E-state index is 0.404. The maximum Gasteiger partial charge on any atom is 0.109 e. The highest BCUT2D eigenvalue weighted by Gasteiger charge is 2.12. The van der Waals surface area contributed by atoms with Gasteiger partial charge in [-0.3, -0.25) is 0 Å². The Hall–Kier alpha value is -0.450. The molecule has 18 heavy (non-hydrogen) atoms. The van der Waals surface area contributed by atoms with Gasteiger partial charge in [-0.1, -0.05) is 39.0 Å². The molecule has 3 nitrogen and oxygen atoms in total. The van der Waals surface area contributed by atoms with E-state index >= 15 is 0 Å². The van der Waals surface area contributed by atoms with Crippen molar-refractivity contribution >= 4 is 11.3 Å². The number of methoxy groups -OCH3 is 1. The predicted octanol–water partition coefficient (Wildman–Crippen LogP) is 3.78. The van der Waals surface area contributed by atoms with Gasteiger partial charge in [0, 0.05) is 25.2 Å². The molecule has 1 unspecified atom stereocenters. The third-order valence-corrected chi connectivity index (χ3v) is 3.93. The van der Waals surface area contributed by atoms with E-state index in [2.05, 4.69) is 22.6 Å². The van der Waals surface area contributed by atoms with Crippen molar-refractivity contribution in [3.8, 4) is 0 Å². The van der Waals surface area contributed by atoms with Crippen LogP contribution < -0.4 is 5.32 Å². The molecule has 0 aliphatic carbocycles. The fourth-order valence-corrected chi connectivity index (χ4v) is 2.75. The van der Waals surface area contributed by atoms with Crippen molar-refractivity contribution in [1.29, 1.82) is 0 Å². The first-order chi connectivity index (χ1) is 8.88. The smallest absolute Gasteiger partial charge is 0.109 e. The molecular weight excluding hydrogens is 244 g/mol. The zero-order valence-corrected chi connectivity index (χ0v) is 12.5. The van der Waals surface area contributed by atoms with Crippen LogP contribution in [0.1, 0.15) is 56.5 Å². The van der Waals surface area contributed by atoms with E-state index in [4.69, 9.17) is 4.74 Å². The number of ether oxygens (including phenoxy) is 1. The monoisotopic (exact) mass is 270 g/mol. The lowest BCUT2D eigenvalue weighted by molar-refractivity contribution is 0.194. The third kappa shape index (κ3) is 6.47. The van der Waals surface area contributed by atoms with E-state index in [0.717, 1.165) is 13.2 Å². The van der Waals surface area contributed by atoms with E-state index in [-0.39, 0.29) is 0 Å². The number of nitrogens with one attached hydrogen (secondary N) is 1. The summed E-state index contributed by atoms with van der Waals surface area (Å²) in [5, 5.41) is 6.80. The SMILES string of the molecule is CCCCCCCC(NCCOC)c1nccs1. The molecule has 0 bridgehead atoms. The first-order valence-corrected chi connectivity index (χ1v) is 7.88. The van der Waals surface area contributed by atoms with Gasteiger partial charge in [0.05, 0.1) is 12.6 Å². The van der Waals surface area contributed by atoms with Gasteiger partial charge in [-0.2, -0.15) is 0 Å². The highest BCUT2D eigenvalue weighted by atomic mass is 32.1. The first-order valence-electron chi connectivity index (χ1n) is 7.00. The van der Waals surface area contributed by atoms with Gasteiger partial charge in [0.2, 0.25) is 0 Å². The Balaban J connectivity index is 2.26. The van der Waals surface area contributed by atoms with Gasteiger partial charge in [-0.05, 0) is 6.42 Å². The van der Waals surface area contributed by atoms with Gasteiger partial charge in [0.1, 0.15) is 5.01 Å². The van der Waals surface area contributed by atoms with Gasteiger partial charge in [-0.15, -0.1) is 11.3 Å². The van der Waals surface area contributed by atoms with Crippen LogP contribution >= 0.6 is 11.3 Å². The van der Waals surface area contributed by atoms with Crippen molar-refractivity contribution in [1.82, 2.24) is 10.3 Å². The summed E-state index contributed by atoms with van der Waals surface area (Å²) < 4.78 is 5.09. The van der Waals surface area contributed by atoms with Crippen LogP contribution in [0.4, 0.5) is 0 Å². The zero-order chi connectivity index (χ0) is 13.1. The van der Waals surface area contributed by atoms with Gasteiger partial charge in [0.25, 0.3) is 0 Å². The quantitative estimate of drug-likeness (QED) is 0.621. The molecule has 0 aliphatic rings. The zero-order valence-electron chi connectivity index (χ0n) is 11.7. The van der Waals surface area contributed by atoms with E-state index in [1.165, 1.54) is 43.5 Å². The van der Waals surface area contributed by atoms with Crippen LogP contribution in [-0.4, -0.2) is 25.2 Å². The van der Waals surface area contributed by atoms with Crippen molar-refractivity contribution in [3.63, 3.8) is 0 Å². The topological polar surface area (TPSA) is 34.1 Å². The van der Waals surface area contributed by atoms with Crippen LogP contribution in [0.15, 0.2) is 11.6 Å². The van der Waals surface area contributed by atoms with Crippen LogP contribution in [0.25, 0.3) is 0 Å². The maximum atomic E-state index is 5.09. The molecule has 0 saturated heterocycles. The van der Waals surface area contributed by atoms with Crippen molar-refractivity contribution in [3.05, 3.63) is 16.6 Å². The Kier molecular flexibility index (Phi) is 9.08. The number of hydrogen-bond donors (Lipinski definition) is 1. The summed E-state index contributed by atoms with van der Waals surface area (Å²) >= 11 is 1.74. The van der Waals surface area contributed by atoms with Gasteiger partial charge in [-0.25, -0.2) is 4.98 Å². The largest absolute Gasteiger partial charge is 0.383 e.